The van der Waals surface area contributed by atoms with E-state index < -0.39 is 12.1 Å². The van der Waals surface area contributed by atoms with E-state index in [0.29, 0.717) is 33.4 Å². The van der Waals surface area contributed by atoms with E-state index in [-0.39, 0.29) is 48.5 Å². The summed E-state index contributed by atoms with van der Waals surface area (Å²) in [5, 5.41) is 40.4. The molecule has 6 aromatic carbocycles. The number of benzene rings is 6. The number of aliphatic hydroxyl groups is 1. The lowest BCUT2D eigenvalue weighted by Gasteiger charge is -2.12. The van der Waals surface area contributed by atoms with Gasteiger partial charge < -0.3 is 25.8 Å². The summed E-state index contributed by atoms with van der Waals surface area (Å²) in [5.41, 5.74) is 4.00. The van der Waals surface area contributed by atoms with Gasteiger partial charge in [-0.05, 0) is 53.9 Å². The highest BCUT2D eigenvalue weighted by Crippen LogP contribution is 2.47. The normalized spacial score (nSPS) is 15.0. The Hall–Kier alpha value is -5.16. The van der Waals surface area contributed by atoms with E-state index in [9.17, 15) is 15.0 Å². The van der Waals surface area contributed by atoms with Crippen LogP contribution in [0.15, 0.2) is 112 Å². The van der Waals surface area contributed by atoms with E-state index in [0.717, 1.165) is 21.8 Å². The minimum Gasteiger partial charge on any atom is -0.505 e. The summed E-state index contributed by atoms with van der Waals surface area (Å²) in [6, 6.07) is 29.2. The number of amides is 1. The van der Waals surface area contributed by atoms with E-state index in [1.54, 1.807) is 42.5 Å². The molecule has 7 aromatic rings. The molecule has 0 saturated heterocycles. The van der Waals surface area contributed by atoms with Gasteiger partial charge in [-0.2, -0.15) is 5.11 Å². The Kier molecular flexibility index (Phi) is 8.10. The van der Waals surface area contributed by atoms with Gasteiger partial charge in [0.25, 0.3) is 5.91 Å². The van der Waals surface area contributed by atoms with E-state index in [1.165, 1.54) is 0 Å². The van der Waals surface area contributed by atoms with Crippen LogP contribution in [0.2, 0.25) is 20.1 Å². The lowest BCUT2D eigenvalue weighted by molar-refractivity contribution is 0.102. The van der Waals surface area contributed by atoms with Gasteiger partial charge >= 0.3 is 0 Å². The minimum atomic E-state index is -1.19. The molecule has 9 nitrogen and oxygen atoms in total. The number of fused-ring (bicyclic) bond motifs is 6. The molecule has 2 heterocycles. The fourth-order valence-corrected chi connectivity index (χ4v) is 7.16. The zero-order valence-corrected chi connectivity index (χ0v) is 28.5. The number of hydrogen-bond donors (Lipinski definition) is 5. The number of carbonyl (C=O) groups is 1. The molecule has 0 spiro atoms. The van der Waals surface area contributed by atoms with Crippen LogP contribution in [-0.4, -0.2) is 26.9 Å². The second-order valence-corrected chi connectivity index (χ2v) is 13.0. The third-order valence-corrected chi connectivity index (χ3v) is 10.3. The van der Waals surface area contributed by atoms with E-state index in [4.69, 9.17) is 46.4 Å². The van der Waals surface area contributed by atoms with Crippen LogP contribution >= 0.6 is 46.4 Å². The van der Waals surface area contributed by atoms with E-state index in [1.807, 2.05) is 54.6 Å². The molecule has 1 atom stereocenters. The predicted molar refractivity (Wildman–Crippen MR) is 201 cm³/mol. The van der Waals surface area contributed by atoms with Crippen molar-refractivity contribution in [1.29, 1.82) is 0 Å². The van der Waals surface area contributed by atoms with Crippen LogP contribution in [0.1, 0.15) is 27.7 Å². The topological polar surface area (TPSA) is 134 Å². The van der Waals surface area contributed by atoms with Gasteiger partial charge in [-0.1, -0.05) is 94.9 Å². The lowest BCUT2D eigenvalue weighted by atomic mass is 10.00. The first-order chi connectivity index (χ1) is 24.2. The number of phenols is 1. The molecule has 8 rings (SSSR count). The summed E-state index contributed by atoms with van der Waals surface area (Å²) in [4.78, 5) is 21.5. The number of hydrogen-bond acceptors (Lipinski definition) is 6. The van der Waals surface area contributed by atoms with Gasteiger partial charge in [0.1, 0.15) is 11.5 Å². The van der Waals surface area contributed by atoms with Crippen molar-refractivity contribution < 1.29 is 15.0 Å². The van der Waals surface area contributed by atoms with Gasteiger partial charge in [0.05, 0.1) is 42.5 Å². The maximum atomic E-state index is 13.4. The molecule has 5 N–H and O–H groups in total. The number of amidine groups is 1. The average Bonchev–Trinajstić information content (AvgIpc) is 3.67. The van der Waals surface area contributed by atoms with Crippen molar-refractivity contribution in [2.24, 2.45) is 15.2 Å². The molecule has 1 aliphatic heterocycles. The van der Waals surface area contributed by atoms with Crippen LogP contribution in [-0.2, 0) is 0 Å². The fourth-order valence-electron chi connectivity index (χ4n) is 6.10. The molecule has 1 aliphatic rings. The van der Waals surface area contributed by atoms with Crippen molar-refractivity contribution in [3.8, 4) is 5.75 Å². The first-order valence-corrected chi connectivity index (χ1v) is 16.7. The number of nitrogens with zero attached hydrogens (tertiary/aromatic N) is 3. The van der Waals surface area contributed by atoms with Gasteiger partial charge in [-0.15, -0.1) is 5.11 Å². The summed E-state index contributed by atoms with van der Waals surface area (Å²) < 4.78 is 0. The number of halogens is 4. The highest BCUT2D eigenvalue weighted by atomic mass is 35.5. The van der Waals surface area contributed by atoms with Crippen molar-refractivity contribution in [3.05, 3.63) is 134 Å². The zero-order chi connectivity index (χ0) is 34.7. The van der Waals surface area contributed by atoms with Gasteiger partial charge in [-0.3, -0.25) is 4.79 Å². The number of nitrogens with one attached hydrogen (secondary N) is 3. The van der Waals surface area contributed by atoms with Crippen LogP contribution < -0.4 is 10.6 Å². The van der Waals surface area contributed by atoms with Crippen molar-refractivity contribution in [2.75, 3.05) is 5.32 Å². The number of aliphatic hydroxyl groups excluding tert-OH is 1. The van der Waals surface area contributed by atoms with Crippen molar-refractivity contribution >= 4 is 113 Å². The lowest BCUT2D eigenvalue weighted by Crippen LogP contribution is -2.19. The Bertz CT molecular complexity index is 2590. The molecule has 0 saturated carbocycles. The smallest absolute Gasteiger partial charge is 0.259 e. The van der Waals surface area contributed by atoms with Crippen LogP contribution in [0.25, 0.3) is 32.6 Å². The second kappa shape index (κ2) is 12.6. The molecule has 0 bridgehead atoms. The summed E-state index contributed by atoms with van der Waals surface area (Å²) >= 11 is 25.3. The van der Waals surface area contributed by atoms with Gasteiger partial charge in [-0.25, -0.2) is 4.99 Å². The standard InChI is InChI=1S/C37H22Cl4N6O3/c38-28-26-27(29(39)31(41)30(28)40)37(50)45-35(26)42-19-11-13-20(14-12-19)46-47-33-25-17(10-15-22-21-8-4-5-9-24(21)44-32(22)25)16-23(34(33)48)36(49)43-18-6-2-1-3-7-18/h1-16,37,44,48,50H,(H,42,45)(H,43,49). The number of H-pyrrole nitrogens is 1. The molecule has 246 valence electrons. The number of aromatic hydroxyl groups is 1. The number of aromatic nitrogens is 1. The maximum absolute atomic E-state index is 13.4. The average molecular weight is 740 g/mol. The number of carbonyl (C=O) groups excluding carboxylic acids is 1. The third kappa shape index (κ3) is 5.40. The summed E-state index contributed by atoms with van der Waals surface area (Å²) in [6.07, 6.45) is -1.19. The molecule has 1 aromatic heterocycles. The molecule has 0 radical (unpaired) electrons. The second-order valence-electron chi connectivity index (χ2n) is 11.5. The molecular weight excluding hydrogens is 718 g/mol. The number of rotatable bonds is 5. The van der Waals surface area contributed by atoms with E-state index >= 15 is 0 Å². The van der Waals surface area contributed by atoms with Crippen LogP contribution in [0.4, 0.5) is 22.7 Å². The number of para-hydroxylation sites is 2. The Morgan fingerprint density at radius 1 is 0.760 bits per heavy atom. The number of aromatic amines is 1. The molecule has 0 fully saturated rings. The third-order valence-electron chi connectivity index (χ3n) is 8.45. The maximum Gasteiger partial charge on any atom is 0.259 e. The first kappa shape index (κ1) is 32.1. The highest BCUT2D eigenvalue weighted by molar-refractivity contribution is 6.53. The van der Waals surface area contributed by atoms with Gasteiger partial charge in [0, 0.05) is 38.5 Å². The summed E-state index contributed by atoms with van der Waals surface area (Å²) in [6.45, 7) is 0. The first-order valence-electron chi connectivity index (χ1n) is 15.2. The van der Waals surface area contributed by atoms with Crippen molar-refractivity contribution in [1.82, 2.24) is 10.3 Å². The molecule has 50 heavy (non-hydrogen) atoms. The summed E-state index contributed by atoms with van der Waals surface area (Å²) in [5.74, 6) is -0.552. The minimum absolute atomic E-state index is 0.0420. The van der Waals surface area contributed by atoms with Crippen LogP contribution in [0, 0.1) is 0 Å². The number of phenolic OH excluding ortho intramolecular Hbond substituents is 1. The number of azo groups is 1. The summed E-state index contributed by atoms with van der Waals surface area (Å²) in [7, 11) is 0. The molecule has 1 amide bonds. The quantitative estimate of drug-likeness (QED) is 0.0682. The monoisotopic (exact) mass is 738 g/mol. The number of aliphatic imine (C=N–C) groups is 1. The van der Waals surface area contributed by atoms with Crippen molar-refractivity contribution in [2.45, 2.75) is 6.23 Å². The number of anilines is 1. The predicted octanol–water partition coefficient (Wildman–Crippen LogP) is 11.1. The van der Waals surface area contributed by atoms with E-state index in [2.05, 4.69) is 30.8 Å². The van der Waals surface area contributed by atoms with Gasteiger partial charge in [0.2, 0.25) is 0 Å². The van der Waals surface area contributed by atoms with Crippen LogP contribution in [0.5, 0.6) is 5.75 Å². The Labute approximate surface area is 303 Å². The molecule has 13 heteroatoms. The Morgan fingerprint density at radius 2 is 1.46 bits per heavy atom. The zero-order valence-electron chi connectivity index (χ0n) is 25.5. The highest BCUT2D eigenvalue weighted by Gasteiger charge is 2.34. The fraction of sp³-hybridized carbons (Fsp3) is 0.0270. The van der Waals surface area contributed by atoms with Crippen molar-refractivity contribution in [3.63, 3.8) is 0 Å². The molecule has 1 unspecified atom stereocenters. The van der Waals surface area contributed by atoms with Gasteiger partial charge in [0.15, 0.2) is 12.0 Å². The SMILES string of the molecule is O=C(Nc1ccccc1)c1cc2ccc3c4ccccc4[nH]c3c2c(N=Nc2ccc(N=C3NC(O)c4c(Cl)c(Cl)c(Cl)c(Cl)c43)cc2)c1O. The largest absolute Gasteiger partial charge is 0.505 e. The molecular formula is C37H22Cl4N6O3. The Balaban J connectivity index is 1.20. The Morgan fingerprint density at radius 3 is 2.24 bits per heavy atom. The molecule has 0 aliphatic carbocycles. The van der Waals surface area contributed by atoms with Crippen LogP contribution in [0.3, 0.4) is 0 Å².